The topological polar surface area (TPSA) is 185 Å². The number of rotatable bonds is 9. The number of carbonyl (C=O) groups is 2. The van der Waals surface area contributed by atoms with Crippen molar-refractivity contribution in [2.45, 2.75) is 38.1 Å². The number of piperidine rings is 1. The molecule has 1 fully saturated rings. The number of amides is 2. The third-order valence-corrected chi connectivity index (χ3v) is 8.60. The number of halogens is 1. The van der Waals surface area contributed by atoms with Crippen molar-refractivity contribution in [2.24, 2.45) is 18.5 Å². The highest BCUT2D eigenvalue weighted by Gasteiger charge is 2.33. The Morgan fingerprint density at radius 3 is 2.41 bits per heavy atom. The van der Waals surface area contributed by atoms with Crippen LogP contribution in [0.3, 0.4) is 0 Å². The summed E-state index contributed by atoms with van der Waals surface area (Å²) in [6.45, 7) is 1.94. The number of benzene rings is 2. The molecule has 0 saturated carbocycles. The molecule has 5 aromatic rings. The first-order valence-electron chi connectivity index (χ1n) is 14.6. The standard InChI is InChI=1S/C32H32ClN7O6/c1-38-28(20-4-2-19(3-5-20)16-45-31(35)43)26-27(37-38)30(42)40(18-36-26)17-32(44)10-12-39(13-11-32)15-22-7-6-21(14-23(22)33)24-8-9-25(46-24)29(34)41/h2-9,14,18,44H,10-13,15-17H2,1H3,(H2,34,41)(H2,35,43). The molecule has 0 spiro atoms. The second kappa shape index (κ2) is 12.4. The number of hydrogen-bond acceptors (Lipinski definition) is 9. The summed E-state index contributed by atoms with van der Waals surface area (Å²) in [5.41, 5.74) is 13.4. The second-order valence-corrected chi connectivity index (χ2v) is 11.9. The van der Waals surface area contributed by atoms with E-state index < -0.39 is 17.6 Å². The fourth-order valence-corrected chi connectivity index (χ4v) is 5.98. The van der Waals surface area contributed by atoms with Crippen molar-refractivity contribution in [1.82, 2.24) is 24.2 Å². The summed E-state index contributed by atoms with van der Waals surface area (Å²) < 4.78 is 13.4. The predicted octanol–water partition coefficient (Wildman–Crippen LogP) is 3.43. The molecule has 0 bridgehead atoms. The zero-order chi connectivity index (χ0) is 32.6. The van der Waals surface area contributed by atoms with Crippen molar-refractivity contribution in [3.05, 3.63) is 93.2 Å². The molecular formula is C32H32ClN7O6. The van der Waals surface area contributed by atoms with Crippen molar-refractivity contribution in [2.75, 3.05) is 13.1 Å². The van der Waals surface area contributed by atoms with Gasteiger partial charge in [0.25, 0.3) is 11.5 Å². The number of aromatic nitrogens is 4. The Morgan fingerprint density at radius 2 is 1.76 bits per heavy atom. The second-order valence-electron chi connectivity index (χ2n) is 11.5. The van der Waals surface area contributed by atoms with Crippen molar-refractivity contribution in [3.8, 4) is 22.6 Å². The lowest BCUT2D eigenvalue weighted by Gasteiger charge is -2.38. The van der Waals surface area contributed by atoms with Gasteiger partial charge in [-0.3, -0.25) is 23.7 Å². The Morgan fingerprint density at radius 1 is 1.04 bits per heavy atom. The van der Waals surface area contributed by atoms with Crippen LogP contribution in [0.1, 0.15) is 34.5 Å². The van der Waals surface area contributed by atoms with Gasteiger partial charge in [0.05, 0.1) is 24.2 Å². The van der Waals surface area contributed by atoms with Crippen molar-refractivity contribution in [3.63, 3.8) is 0 Å². The Labute approximate surface area is 267 Å². The number of nitrogens with two attached hydrogens (primary N) is 2. The number of nitrogens with zero attached hydrogens (tertiary/aromatic N) is 5. The highest BCUT2D eigenvalue weighted by molar-refractivity contribution is 6.31. The van der Waals surface area contributed by atoms with Crippen LogP contribution in [0.5, 0.6) is 0 Å². The van der Waals surface area contributed by atoms with Crippen LogP contribution in [-0.4, -0.2) is 60.0 Å². The molecule has 1 saturated heterocycles. The number of primary amides is 2. The molecule has 0 aliphatic carbocycles. The molecule has 6 rings (SSSR count). The first-order valence-corrected chi connectivity index (χ1v) is 14.9. The molecule has 1 aliphatic heterocycles. The van der Waals surface area contributed by atoms with Gasteiger partial charge in [-0.1, -0.05) is 48.0 Å². The van der Waals surface area contributed by atoms with Gasteiger partial charge in [0.15, 0.2) is 11.3 Å². The van der Waals surface area contributed by atoms with Gasteiger partial charge in [-0.05, 0) is 42.2 Å². The number of ether oxygens (including phenoxy) is 1. The summed E-state index contributed by atoms with van der Waals surface area (Å²) in [7, 11) is 1.74. The molecule has 238 valence electrons. The summed E-state index contributed by atoms with van der Waals surface area (Å²) in [6, 6.07) is 16.0. The molecule has 13 nitrogen and oxygen atoms in total. The molecule has 1 aliphatic rings. The van der Waals surface area contributed by atoms with Crippen LogP contribution < -0.4 is 17.0 Å². The maximum absolute atomic E-state index is 13.5. The van der Waals surface area contributed by atoms with E-state index >= 15 is 0 Å². The number of aryl methyl sites for hydroxylation is 1. The molecule has 0 unspecified atom stereocenters. The average molecular weight is 646 g/mol. The fraction of sp³-hybridized carbons (Fsp3) is 0.281. The van der Waals surface area contributed by atoms with Gasteiger partial charge >= 0.3 is 6.09 Å². The van der Waals surface area contributed by atoms with Crippen molar-refractivity contribution < 1.29 is 23.8 Å². The predicted molar refractivity (Wildman–Crippen MR) is 170 cm³/mol. The average Bonchev–Trinajstić information content (AvgIpc) is 3.66. The molecule has 2 aromatic carbocycles. The molecule has 14 heteroatoms. The molecule has 0 radical (unpaired) electrons. The number of likely N-dealkylation sites (tertiary alicyclic amines) is 1. The van der Waals surface area contributed by atoms with Gasteiger partial charge < -0.3 is 25.7 Å². The minimum atomic E-state index is -1.10. The van der Waals surface area contributed by atoms with Crippen LogP contribution >= 0.6 is 11.6 Å². The lowest BCUT2D eigenvalue weighted by Crippen LogP contribution is -2.47. The van der Waals surface area contributed by atoms with Crippen LogP contribution in [0.25, 0.3) is 33.6 Å². The van der Waals surface area contributed by atoms with Crippen molar-refractivity contribution in [1.29, 1.82) is 0 Å². The van der Waals surface area contributed by atoms with Gasteiger partial charge in [0.2, 0.25) is 0 Å². The van der Waals surface area contributed by atoms with Gasteiger partial charge in [-0.2, -0.15) is 5.10 Å². The summed E-state index contributed by atoms with van der Waals surface area (Å²) in [5.74, 6) is -0.0597. The lowest BCUT2D eigenvalue weighted by atomic mass is 9.91. The largest absolute Gasteiger partial charge is 0.451 e. The Hall–Kier alpha value is -4.98. The van der Waals surface area contributed by atoms with E-state index in [-0.39, 0.29) is 30.0 Å². The van der Waals surface area contributed by atoms with E-state index in [1.54, 1.807) is 36.0 Å². The number of furan rings is 1. The maximum Gasteiger partial charge on any atom is 0.404 e. The molecular weight excluding hydrogens is 614 g/mol. The highest BCUT2D eigenvalue weighted by atomic mass is 35.5. The van der Waals surface area contributed by atoms with E-state index in [4.69, 9.17) is 32.2 Å². The van der Waals surface area contributed by atoms with E-state index in [2.05, 4.69) is 15.0 Å². The van der Waals surface area contributed by atoms with E-state index in [9.17, 15) is 19.5 Å². The van der Waals surface area contributed by atoms with Crippen LogP contribution in [0, 0.1) is 0 Å². The number of aliphatic hydroxyl groups is 1. The molecule has 3 aromatic heterocycles. The Balaban J connectivity index is 1.11. The summed E-state index contributed by atoms with van der Waals surface area (Å²) in [5, 5.41) is 16.5. The summed E-state index contributed by atoms with van der Waals surface area (Å²) in [4.78, 5) is 42.5. The Bertz CT molecular complexity index is 1990. The van der Waals surface area contributed by atoms with Crippen LogP contribution in [0.2, 0.25) is 5.02 Å². The van der Waals surface area contributed by atoms with Gasteiger partial charge in [0.1, 0.15) is 17.9 Å². The van der Waals surface area contributed by atoms with Gasteiger partial charge in [-0.15, -0.1) is 0 Å². The highest BCUT2D eigenvalue weighted by Crippen LogP contribution is 2.31. The first kappa shape index (κ1) is 31.0. The number of hydrogen-bond donors (Lipinski definition) is 3. The van der Waals surface area contributed by atoms with Gasteiger partial charge in [0, 0.05) is 42.8 Å². The number of fused-ring (bicyclic) bond motifs is 1. The zero-order valence-corrected chi connectivity index (χ0v) is 25.7. The molecule has 46 heavy (non-hydrogen) atoms. The third-order valence-electron chi connectivity index (χ3n) is 8.25. The van der Waals surface area contributed by atoms with E-state index in [1.807, 2.05) is 24.3 Å². The monoisotopic (exact) mass is 645 g/mol. The molecule has 4 heterocycles. The number of carbonyl (C=O) groups excluding carboxylic acids is 2. The maximum atomic E-state index is 13.5. The fourth-order valence-electron chi connectivity index (χ4n) is 5.74. The molecule has 2 amide bonds. The van der Waals surface area contributed by atoms with Gasteiger partial charge in [-0.25, -0.2) is 9.78 Å². The van der Waals surface area contributed by atoms with Crippen LogP contribution in [-0.2, 0) is 31.5 Å². The quantitative estimate of drug-likeness (QED) is 0.216. The summed E-state index contributed by atoms with van der Waals surface area (Å²) >= 11 is 6.60. The van der Waals surface area contributed by atoms with E-state index in [0.29, 0.717) is 54.5 Å². The summed E-state index contributed by atoms with van der Waals surface area (Å²) in [6.07, 6.45) is 1.52. The molecule has 5 N–H and O–H groups in total. The zero-order valence-electron chi connectivity index (χ0n) is 25.0. The first-order chi connectivity index (χ1) is 22.0. The van der Waals surface area contributed by atoms with Crippen LogP contribution in [0.15, 0.2) is 70.1 Å². The van der Waals surface area contributed by atoms with E-state index in [0.717, 1.165) is 22.3 Å². The van der Waals surface area contributed by atoms with Crippen LogP contribution in [0.4, 0.5) is 4.79 Å². The minimum absolute atomic E-state index is 0.0557. The normalized spacial score (nSPS) is 14.8. The van der Waals surface area contributed by atoms with Crippen molar-refractivity contribution >= 4 is 34.6 Å². The SMILES string of the molecule is Cn1nc2c(=O)n(CC3(O)CCN(Cc4ccc(-c5ccc(C(N)=O)o5)cc4Cl)CC3)cnc2c1-c1ccc(COC(N)=O)cc1. The van der Waals surface area contributed by atoms with E-state index in [1.165, 1.54) is 17.0 Å². The minimum Gasteiger partial charge on any atom is -0.451 e. The smallest absolute Gasteiger partial charge is 0.404 e. The third kappa shape index (κ3) is 6.38. The Kier molecular flexibility index (Phi) is 8.38. The molecule has 0 atom stereocenters. The lowest BCUT2D eigenvalue weighted by molar-refractivity contribution is -0.0364.